The van der Waals surface area contributed by atoms with Gasteiger partial charge in [-0.1, -0.05) is 6.92 Å². The molecule has 0 unspecified atom stereocenters. The Balaban J connectivity index is 2.33. The second-order valence-electron chi connectivity index (χ2n) is 6.44. The quantitative estimate of drug-likeness (QED) is 0.470. The van der Waals surface area contributed by atoms with E-state index in [2.05, 4.69) is 0 Å². The number of carbonyl (C=O) groups excluding carboxylic acids is 3. The lowest BCUT2D eigenvalue weighted by Gasteiger charge is -2.30. The summed E-state index contributed by atoms with van der Waals surface area (Å²) >= 11 is 0. The maximum Gasteiger partial charge on any atom is 0.321 e. The molecule has 0 spiro atoms. The van der Waals surface area contributed by atoms with Crippen molar-refractivity contribution in [2.24, 2.45) is 17.8 Å². The van der Waals surface area contributed by atoms with Crippen LogP contribution < -0.4 is 0 Å². The molecule has 5 nitrogen and oxygen atoms in total. The minimum atomic E-state index is -1.14. The number of benzene rings is 1. The molecule has 6 heteroatoms. The van der Waals surface area contributed by atoms with Crippen molar-refractivity contribution in [1.29, 1.82) is 0 Å². The van der Waals surface area contributed by atoms with E-state index in [0.29, 0.717) is 5.56 Å². The van der Waals surface area contributed by atoms with Gasteiger partial charge in [0.05, 0.1) is 6.61 Å². The molecule has 2 rings (SSSR count). The van der Waals surface area contributed by atoms with E-state index in [4.69, 9.17) is 9.47 Å². The SMILES string of the molecule is CCOC(=O)[C@@H]1C(=O)OC(C)(C)[C@@H]1[C@@H](C)C(=O)c1ccc(F)cc1. The van der Waals surface area contributed by atoms with Crippen LogP contribution in [-0.2, 0) is 19.1 Å². The Morgan fingerprint density at radius 3 is 2.42 bits per heavy atom. The zero-order chi connectivity index (χ0) is 18.1. The van der Waals surface area contributed by atoms with E-state index in [1.165, 1.54) is 24.3 Å². The predicted octanol–water partition coefficient (Wildman–Crippen LogP) is 2.78. The monoisotopic (exact) mass is 336 g/mol. The predicted molar refractivity (Wildman–Crippen MR) is 83.7 cm³/mol. The summed E-state index contributed by atoms with van der Waals surface area (Å²) in [5.74, 6) is -4.56. The number of esters is 2. The molecule has 1 fully saturated rings. The molecule has 1 heterocycles. The number of rotatable bonds is 5. The molecule has 3 atom stereocenters. The molecule has 1 aromatic carbocycles. The first-order valence-corrected chi connectivity index (χ1v) is 7.88. The van der Waals surface area contributed by atoms with Crippen LogP contribution in [-0.4, -0.2) is 29.9 Å². The molecule has 0 amide bonds. The van der Waals surface area contributed by atoms with Gasteiger partial charge in [-0.05, 0) is 45.0 Å². The number of halogens is 1. The van der Waals surface area contributed by atoms with Crippen LogP contribution in [0.5, 0.6) is 0 Å². The van der Waals surface area contributed by atoms with Crippen molar-refractivity contribution < 1.29 is 28.2 Å². The van der Waals surface area contributed by atoms with Gasteiger partial charge < -0.3 is 9.47 Å². The lowest BCUT2D eigenvalue weighted by Crippen LogP contribution is -2.41. The van der Waals surface area contributed by atoms with E-state index in [1.54, 1.807) is 27.7 Å². The molecule has 0 saturated carbocycles. The van der Waals surface area contributed by atoms with E-state index in [1.807, 2.05) is 0 Å². The normalized spacial score (nSPS) is 23.5. The highest BCUT2D eigenvalue weighted by Crippen LogP contribution is 2.43. The highest BCUT2D eigenvalue weighted by Gasteiger charge is 2.57. The molecule has 1 aliphatic rings. The smallest absolute Gasteiger partial charge is 0.321 e. The first kappa shape index (κ1) is 18.1. The van der Waals surface area contributed by atoms with Gasteiger partial charge in [0.1, 0.15) is 11.4 Å². The summed E-state index contributed by atoms with van der Waals surface area (Å²) in [6.45, 7) is 6.76. The average Bonchev–Trinajstić information content (AvgIpc) is 2.75. The number of hydrogen-bond acceptors (Lipinski definition) is 5. The Hall–Kier alpha value is -2.24. The second kappa shape index (κ2) is 6.71. The van der Waals surface area contributed by atoms with E-state index >= 15 is 0 Å². The van der Waals surface area contributed by atoms with Crippen molar-refractivity contribution in [3.63, 3.8) is 0 Å². The zero-order valence-corrected chi connectivity index (χ0v) is 14.2. The molecule has 0 radical (unpaired) electrons. The van der Waals surface area contributed by atoms with Gasteiger partial charge in [-0.2, -0.15) is 0 Å². The number of hydrogen-bond donors (Lipinski definition) is 0. The second-order valence-corrected chi connectivity index (χ2v) is 6.44. The summed E-state index contributed by atoms with van der Waals surface area (Å²) in [6, 6.07) is 5.17. The van der Waals surface area contributed by atoms with Gasteiger partial charge >= 0.3 is 11.9 Å². The molecule has 1 aliphatic heterocycles. The third-order valence-electron chi connectivity index (χ3n) is 4.40. The minimum absolute atomic E-state index is 0.135. The van der Waals surface area contributed by atoms with Gasteiger partial charge in [0.15, 0.2) is 11.7 Å². The van der Waals surface area contributed by atoms with E-state index in [-0.39, 0.29) is 12.4 Å². The van der Waals surface area contributed by atoms with Gasteiger partial charge in [0, 0.05) is 17.4 Å². The molecule has 0 N–H and O–H groups in total. The summed E-state index contributed by atoms with van der Waals surface area (Å²) in [5.41, 5.74) is -0.662. The highest BCUT2D eigenvalue weighted by atomic mass is 19.1. The highest BCUT2D eigenvalue weighted by molar-refractivity contribution is 6.01. The van der Waals surface area contributed by atoms with E-state index in [0.717, 1.165) is 0 Å². The Kier molecular flexibility index (Phi) is 5.06. The van der Waals surface area contributed by atoms with Crippen LogP contribution in [0.15, 0.2) is 24.3 Å². The van der Waals surface area contributed by atoms with Crippen LogP contribution in [0, 0.1) is 23.6 Å². The Morgan fingerprint density at radius 1 is 1.29 bits per heavy atom. The van der Waals surface area contributed by atoms with Crippen molar-refractivity contribution in [3.8, 4) is 0 Å². The molecule has 1 aromatic rings. The van der Waals surface area contributed by atoms with Gasteiger partial charge in [-0.15, -0.1) is 0 Å². The van der Waals surface area contributed by atoms with E-state index in [9.17, 15) is 18.8 Å². The first-order chi connectivity index (χ1) is 11.2. The number of Topliss-reactive ketones (excluding diaryl/α,β-unsaturated/α-hetero) is 1. The molecule has 0 aromatic heterocycles. The zero-order valence-electron chi connectivity index (χ0n) is 14.2. The maximum atomic E-state index is 13.0. The number of carbonyl (C=O) groups is 3. The lowest BCUT2D eigenvalue weighted by atomic mass is 9.72. The number of ether oxygens (including phenoxy) is 2. The molecule has 0 aliphatic carbocycles. The molecular weight excluding hydrogens is 315 g/mol. The molecular formula is C18H21FO5. The van der Waals surface area contributed by atoms with Crippen LogP contribution in [0.1, 0.15) is 38.1 Å². The lowest BCUT2D eigenvalue weighted by molar-refractivity contribution is -0.157. The Morgan fingerprint density at radius 2 is 1.88 bits per heavy atom. The Labute approximate surface area is 140 Å². The molecule has 0 bridgehead atoms. The summed E-state index contributed by atoms with van der Waals surface area (Å²) in [5, 5.41) is 0. The third kappa shape index (κ3) is 3.32. The molecule has 130 valence electrons. The van der Waals surface area contributed by atoms with Gasteiger partial charge in [0.25, 0.3) is 0 Å². The summed E-state index contributed by atoms with van der Waals surface area (Å²) in [4.78, 5) is 37.0. The summed E-state index contributed by atoms with van der Waals surface area (Å²) in [7, 11) is 0. The third-order valence-corrected chi connectivity index (χ3v) is 4.40. The number of ketones is 1. The fourth-order valence-corrected chi connectivity index (χ4v) is 3.34. The van der Waals surface area contributed by atoms with Crippen molar-refractivity contribution >= 4 is 17.7 Å². The van der Waals surface area contributed by atoms with Gasteiger partial charge in [-0.3, -0.25) is 14.4 Å². The number of cyclic esters (lactones) is 1. The topological polar surface area (TPSA) is 69.7 Å². The van der Waals surface area contributed by atoms with Crippen molar-refractivity contribution in [2.45, 2.75) is 33.3 Å². The molecule has 24 heavy (non-hydrogen) atoms. The average molecular weight is 336 g/mol. The van der Waals surface area contributed by atoms with E-state index < -0.39 is 41.1 Å². The van der Waals surface area contributed by atoms with Crippen LogP contribution in [0.25, 0.3) is 0 Å². The summed E-state index contributed by atoms with van der Waals surface area (Å²) < 4.78 is 23.3. The largest absolute Gasteiger partial charge is 0.465 e. The van der Waals surface area contributed by atoms with Crippen LogP contribution in [0.2, 0.25) is 0 Å². The minimum Gasteiger partial charge on any atom is -0.465 e. The summed E-state index contributed by atoms with van der Waals surface area (Å²) in [6.07, 6.45) is 0. The first-order valence-electron chi connectivity index (χ1n) is 7.88. The fraction of sp³-hybridized carbons (Fsp3) is 0.500. The van der Waals surface area contributed by atoms with Crippen LogP contribution in [0.4, 0.5) is 4.39 Å². The molecule has 1 saturated heterocycles. The van der Waals surface area contributed by atoms with Crippen LogP contribution in [0.3, 0.4) is 0 Å². The fourth-order valence-electron chi connectivity index (χ4n) is 3.34. The van der Waals surface area contributed by atoms with Crippen molar-refractivity contribution in [1.82, 2.24) is 0 Å². The van der Waals surface area contributed by atoms with Gasteiger partial charge in [0.2, 0.25) is 0 Å². The maximum absolute atomic E-state index is 13.0. The Bertz CT molecular complexity index is 650. The van der Waals surface area contributed by atoms with Crippen LogP contribution >= 0.6 is 0 Å². The van der Waals surface area contributed by atoms with Crippen molar-refractivity contribution in [3.05, 3.63) is 35.6 Å². The standard InChI is InChI=1S/C18H21FO5/c1-5-23-16(21)13-14(18(3,4)24-17(13)22)10(2)15(20)11-6-8-12(19)9-7-11/h6-10,13-14H,5H2,1-4H3/t10-,13-,14-/m1/s1. The van der Waals surface area contributed by atoms with Crippen molar-refractivity contribution in [2.75, 3.05) is 6.61 Å². The van der Waals surface area contributed by atoms with Gasteiger partial charge in [-0.25, -0.2) is 4.39 Å².